The number of halogens is 1. The number of carbonyl (C=O) groups is 1. The highest BCUT2D eigenvalue weighted by molar-refractivity contribution is 7.78. The van der Waals surface area contributed by atoms with Crippen LogP contribution in [0.2, 0.25) is 0 Å². The van der Waals surface area contributed by atoms with Gasteiger partial charge in [0, 0.05) is 18.2 Å². The third-order valence-corrected chi connectivity index (χ3v) is 6.24. The van der Waals surface area contributed by atoms with Crippen LogP contribution in [-0.4, -0.2) is 21.2 Å². The average Bonchev–Trinajstić information content (AvgIpc) is 3.07. The Morgan fingerprint density at radius 1 is 1.03 bits per heavy atom. The molecule has 0 radical (unpaired) electrons. The molecule has 154 valence electrons. The molecular weight excluding hydrogens is 401 g/mol. The molecular formula is C24H22FNO3S. The lowest BCUT2D eigenvalue weighted by Crippen LogP contribution is -2.26. The van der Waals surface area contributed by atoms with Gasteiger partial charge in [-0.05, 0) is 53.4 Å². The summed E-state index contributed by atoms with van der Waals surface area (Å²) in [4.78, 5) is 15.1. The summed E-state index contributed by atoms with van der Waals surface area (Å²) in [5.41, 5.74) is 4.36. The maximum Gasteiger partial charge on any atom is 0.235 e. The number of aryl methyl sites for hydroxylation is 1. The number of amides is 1. The van der Waals surface area contributed by atoms with Gasteiger partial charge in [0.2, 0.25) is 5.91 Å². The van der Waals surface area contributed by atoms with E-state index >= 15 is 0 Å². The smallest absolute Gasteiger partial charge is 0.235 e. The molecule has 0 aromatic heterocycles. The number of hydrogen-bond acceptors (Lipinski definition) is 2. The molecule has 6 heteroatoms. The summed E-state index contributed by atoms with van der Waals surface area (Å²) < 4.78 is 33.8. The van der Waals surface area contributed by atoms with E-state index in [-0.39, 0.29) is 29.3 Å². The fourth-order valence-corrected chi connectivity index (χ4v) is 4.75. The first kappa shape index (κ1) is 20.4. The minimum atomic E-state index is -1.90. The quantitative estimate of drug-likeness (QED) is 0.602. The van der Waals surface area contributed by atoms with Gasteiger partial charge in [-0.2, -0.15) is 0 Å². The molecule has 1 aliphatic rings. The molecule has 4 rings (SSSR count). The second-order valence-corrected chi connectivity index (χ2v) is 8.50. The molecule has 1 saturated heterocycles. The highest BCUT2D eigenvalue weighted by atomic mass is 32.2. The average molecular weight is 424 g/mol. The third kappa shape index (κ3) is 4.06. The standard InChI is InChI=1S/C24H22FNO3S/c1-16-13-18(7-8-19(16)15-30(28)29)22-14-26(21-11-9-20(25)10-12-21)24(27)23(22)17-5-3-2-4-6-17/h2-13,22-23H,14-15H2,1H3,(H,28,29). The van der Waals surface area contributed by atoms with Crippen LogP contribution in [0.15, 0.2) is 72.8 Å². The first-order chi connectivity index (χ1) is 14.4. The van der Waals surface area contributed by atoms with Crippen molar-refractivity contribution in [1.29, 1.82) is 0 Å². The first-order valence-corrected chi connectivity index (χ1v) is 11.0. The van der Waals surface area contributed by atoms with Crippen LogP contribution in [-0.2, 0) is 21.6 Å². The van der Waals surface area contributed by atoms with E-state index in [1.165, 1.54) is 12.1 Å². The Kier molecular flexibility index (Phi) is 5.79. The van der Waals surface area contributed by atoms with Crippen molar-refractivity contribution in [2.45, 2.75) is 24.5 Å². The van der Waals surface area contributed by atoms with Crippen LogP contribution in [0.3, 0.4) is 0 Å². The SMILES string of the molecule is Cc1cc(C2CN(c3ccc(F)cc3)C(=O)C2c2ccccc2)ccc1CS(=O)O. The van der Waals surface area contributed by atoms with Gasteiger partial charge in [0.1, 0.15) is 5.82 Å². The Hall–Kier alpha value is -2.83. The van der Waals surface area contributed by atoms with Crippen molar-refractivity contribution in [1.82, 2.24) is 0 Å². The van der Waals surface area contributed by atoms with E-state index in [2.05, 4.69) is 0 Å². The molecule has 3 unspecified atom stereocenters. The maximum absolute atomic E-state index is 13.4. The summed E-state index contributed by atoms with van der Waals surface area (Å²) in [7, 11) is 0. The molecule has 4 nitrogen and oxygen atoms in total. The summed E-state index contributed by atoms with van der Waals surface area (Å²) >= 11 is -1.90. The van der Waals surface area contributed by atoms with Crippen LogP contribution in [0, 0.1) is 12.7 Å². The van der Waals surface area contributed by atoms with Gasteiger partial charge in [-0.1, -0.05) is 48.5 Å². The lowest BCUT2D eigenvalue weighted by molar-refractivity contribution is -0.118. The van der Waals surface area contributed by atoms with Gasteiger partial charge in [-0.15, -0.1) is 0 Å². The van der Waals surface area contributed by atoms with Crippen molar-refractivity contribution < 1.29 is 17.9 Å². The third-order valence-electron chi connectivity index (χ3n) is 5.68. The van der Waals surface area contributed by atoms with Gasteiger partial charge in [0.25, 0.3) is 0 Å². The summed E-state index contributed by atoms with van der Waals surface area (Å²) in [6, 6.07) is 21.5. The minimum absolute atomic E-state index is 0.0176. The van der Waals surface area contributed by atoms with Crippen LogP contribution < -0.4 is 4.90 Å². The largest absolute Gasteiger partial charge is 0.311 e. The van der Waals surface area contributed by atoms with E-state index in [4.69, 9.17) is 0 Å². The number of hydrogen-bond donors (Lipinski definition) is 1. The number of anilines is 1. The predicted octanol–water partition coefficient (Wildman–Crippen LogP) is 4.77. The second-order valence-electron chi connectivity index (χ2n) is 7.57. The maximum atomic E-state index is 13.4. The summed E-state index contributed by atoms with van der Waals surface area (Å²) in [5.74, 6) is -0.713. The van der Waals surface area contributed by atoms with E-state index in [9.17, 15) is 17.9 Å². The molecule has 0 spiro atoms. The molecule has 3 aromatic carbocycles. The Morgan fingerprint density at radius 3 is 2.37 bits per heavy atom. The Balaban J connectivity index is 1.74. The lowest BCUT2D eigenvalue weighted by Gasteiger charge is -2.19. The zero-order valence-electron chi connectivity index (χ0n) is 16.5. The van der Waals surface area contributed by atoms with E-state index in [0.717, 1.165) is 22.3 Å². The summed E-state index contributed by atoms with van der Waals surface area (Å²) in [6.45, 7) is 2.40. The van der Waals surface area contributed by atoms with E-state index in [1.54, 1.807) is 17.0 Å². The highest BCUT2D eigenvalue weighted by Crippen LogP contribution is 2.42. The zero-order valence-corrected chi connectivity index (χ0v) is 17.3. The summed E-state index contributed by atoms with van der Waals surface area (Å²) in [6.07, 6.45) is 0. The fourth-order valence-electron chi connectivity index (χ4n) is 4.16. The van der Waals surface area contributed by atoms with Gasteiger partial charge in [0.15, 0.2) is 11.1 Å². The van der Waals surface area contributed by atoms with Gasteiger partial charge >= 0.3 is 0 Å². The molecule has 30 heavy (non-hydrogen) atoms. The van der Waals surface area contributed by atoms with Crippen LogP contribution >= 0.6 is 0 Å². The van der Waals surface area contributed by atoms with Crippen LogP contribution in [0.5, 0.6) is 0 Å². The molecule has 0 saturated carbocycles. The molecule has 0 aliphatic carbocycles. The predicted molar refractivity (Wildman–Crippen MR) is 116 cm³/mol. The van der Waals surface area contributed by atoms with Gasteiger partial charge < -0.3 is 9.45 Å². The van der Waals surface area contributed by atoms with Crippen molar-refractivity contribution in [2.75, 3.05) is 11.4 Å². The Labute approximate surface area is 177 Å². The van der Waals surface area contributed by atoms with Crippen LogP contribution in [0.4, 0.5) is 10.1 Å². The van der Waals surface area contributed by atoms with Gasteiger partial charge in [-0.25, -0.2) is 8.60 Å². The fraction of sp³-hybridized carbons (Fsp3) is 0.208. The number of carbonyl (C=O) groups excluding carboxylic acids is 1. The molecule has 0 bridgehead atoms. The van der Waals surface area contributed by atoms with E-state index < -0.39 is 11.1 Å². The molecule has 1 N–H and O–H groups in total. The lowest BCUT2D eigenvalue weighted by atomic mass is 9.83. The molecule has 1 heterocycles. The van der Waals surface area contributed by atoms with Gasteiger partial charge in [0.05, 0.1) is 11.7 Å². The topological polar surface area (TPSA) is 57.6 Å². The summed E-state index contributed by atoms with van der Waals surface area (Å²) in [5, 5.41) is 0. The van der Waals surface area contributed by atoms with Crippen molar-refractivity contribution in [2.24, 2.45) is 0 Å². The molecule has 3 aromatic rings. The molecule has 1 amide bonds. The van der Waals surface area contributed by atoms with Crippen molar-refractivity contribution in [3.8, 4) is 0 Å². The molecule has 3 atom stereocenters. The Bertz CT molecular complexity index is 1090. The van der Waals surface area contributed by atoms with E-state index in [1.807, 2.05) is 55.5 Å². The zero-order chi connectivity index (χ0) is 21.3. The van der Waals surface area contributed by atoms with Crippen molar-refractivity contribution >= 4 is 22.7 Å². The number of rotatable bonds is 5. The first-order valence-electron chi connectivity index (χ1n) is 9.73. The second kappa shape index (κ2) is 8.50. The molecule has 1 aliphatic heterocycles. The van der Waals surface area contributed by atoms with Crippen molar-refractivity contribution in [3.05, 3.63) is 101 Å². The monoisotopic (exact) mass is 423 g/mol. The van der Waals surface area contributed by atoms with Crippen molar-refractivity contribution in [3.63, 3.8) is 0 Å². The van der Waals surface area contributed by atoms with Crippen LogP contribution in [0.25, 0.3) is 0 Å². The van der Waals surface area contributed by atoms with E-state index in [0.29, 0.717) is 12.2 Å². The molecule has 1 fully saturated rings. The van der Waals surface area contributed by atoms with Gasteiger partial charge in [-0.3, -0.25) is 4.79 Å². The normalized spacial score (nSPS) is 19.8. The number of nitrogens with zero attached hydrogens (tertiary/aromatic N) is 1. The minimum Gasteiger partial charge on any atom is -0.311 e. The Morgan fingerprint density at radius 2 is 1.73 bits per heavy atom. The highest BCUT2D eigenvalue weighted by Gasteiger charge is 2.42. The number of benzene rings is 3. The van der Waals surface area contributed by atoms with Crippen LogP contribution in [0.1, 0.15) is 34.1 Å².